The molecule has 0 fully saturated rings. The highest BCUT2D eigenvalue weighted by Gasteiger charge is 2.08. The first-order chi connectivity index (χ1) is 6.13. The molecule has 0 bridgehead atoms. The van der Waals surface area contributed by atoms with Crippen molar-refractivity contribution in [3.8, 4) is 5.88 Å². The van der Waals surface area contributed by atoms with E-state index < -0.39 is 5.97 Å². The highest BCUT2D eigenvalue weighted by atomic mass is 16.5. The van der Waals surface area contributed by atoms with Crippen molar-refractivity contribution in [2.45, 2.75) is 13.3 Å². The Morgan fingerprint density at radius 1 is 1.69 bits per heavy atom. The largest absolute Gasteiger partial charge is 0.481 e. The molecule has 4 heteroatoms. The first kappa shape index (κ1) is 9.51. The van der Waals surface area contributed by atoms with Crippen LogP contribution in [0.5, 0.6) is 5.88 Å². The Labute approximate surface area is 76.2 Å². The van der Waals surface area contributed by atoms with Gasteiger partial charge in [-0.2, -0.15) is 0 Å². The number of nitrogens with zero attached hydrogens (tertiary/aromatic N) is 1. The number of ether oxygens (including phenoxy) is 1. The molecule has 1 N–H and O–H groups in total. The minimum Gasteiger partial charge on any atom is -0.481 e. The van der Waals surface area contributed by atoms with E-state index in [4.69, 9.17) is 9.84 Å². The van der Waals surface area contributed by atoms with E-state index in [1.54, 1.807) is 12.3 Å². The number of carboxylic acid groups (broad SMARTS) is 1. The maximum absolute atomic E-state index is 10.5. The van der Waals surface area contributed by atoms with Crippen molar-refractivity contribution < 1.29 is 14.6 Å². The second-order valence-electron chi connectivity index (χ2n) is 2.75. The summed E-state index contributed by atoms with van der Waals surface area (Å²) in [6.45, 7) is 1.86. The Morgan fingerprint density at radius 2 is 2.38 bits per heavy atom. The lowest BCUT2D eigenvalue weighted by molar-refractivity contribution is -0.136. The molecule has 0 aliphatic rings. The smallest absolute Gasteiger partial charge is 0.308 e. The molecule has 70 valence electrons. The first-order valence-corrected chi connectivity index (χ1v) is 3.85. The summed E-state index contributed by atoms with van der Waals surface area (Å²) in [5.41, 5.74) is 1.53. The van der Waals surface area contributed by atoms with Crippen LogP contribution in [0.25, 0.3) is 0 Å². The number of aryl methyl sites for hydroxylation is 1. The number of carboxylic acids is 1. The third kappa shape index (κ3) is 2.43. The van der Waals surface area contributed by atoms with Gasteiger partial charge in [0.25, 0.3) is 0 Å². The van der Waals surface area contributed by atoms with Gasteiger partial charge in [-0.05, 0) is 18.6 Å². The summed E-state index contributed by atoms with van der Waals surface area (Å²) in [5, 5.41) is 8.59. The monoisotopic (exact) mass is 181 g/mol. The second kappa shape index (κ2) is 3.89. The summed E-state index contributed by atoms with van der Waals surface area (Å²) in [7, 11) is 1.48. The highest BCUT2D eigenvalue weighted by Crippen LogP contribution is 2.16. The van der Waals surface area contributed by atoms with Crippen LogP contribution >= 0.6 is 0 Å². The minimum atomic E-state index is -0.884. The fourth-order valence-electron chi connectivity index (χ4n) is 1.09. The molecule has 0 aliphatic heterocycles. The van der Waals surface area contributed by atoms with E-state index in [1.807, 2.05) is 6.92 Å². The Kier molecular flexibility index (Phi) is 2.84. The number of rotatable bonds is 3. The Morgan fingerprint density at radius 3 is 2.92 bits per heavy atom. The summed E-state index contributed by atoms with van der Waals surface area (Å²) in [6, 6.07) is 1.76. The maximum Gasteiger partial charge on any atom is 0.308 e. The van der Waals surface area contributed by atoms with E-state index in [-0.39, 0.29) is 6.42 Å². The number of aromatic nitrogens is 1. The predicted octanol–water partition coefficient (Wildman–Crippen LogP) is 1.03. The van der Waals surface area contributed by atoms with Crippen LogP contribution in [0.15, 0.2) is 12.3 Å². The average Bonchev–Trinajstić information content (AvgIpc) is 2.03. The van der Waals surface area contributed by atoms with E-state index in [1.165, 1.54) is 7.11 Å². The van der Waals surface area contributed by atoms with Gasteiger partial charge in [0, 0.05) is 11.8 Å². The van der Waals surface area contributed by atoms with Crippen LogP contribution < -0.4 is 4.74 Å². The van der Waals surface area contributed by atoms with Gasteiger partial charge in [-0.15, -0.1) is 0 Å². The van der Waals surface area contributed by atoms with E-state index >= 15 is 0 Å². The molecule has 0 saturated heterocycles. The van der Waals surface area contributed by atoms with Crippen LogP contribution in [0, 0.1) is 6.92 Å². The van der Waals surface area contributed by atoms with Gasteiger partial charge in [-0.3, -0.25) is 4.79 Å². The molecule has 0 amide bonds. The summed E-state index contributed by atoms with van der Waals surface area (Å²) >= 11 is 0. The van der Waals surface area contributed by atoms with Crippen LogP contribution in [-0.4, -0.2) is 23.2 Å². The average molecular weight is 181 g/mol. The molecular formula is C9H11NO3. The van der Waals surface area contributed by atoms with Crippen LogP contribution in [0.1, 0.15) is 11.1 Å². The summed E-state index contributed by atoms with van der Waals surface area (Å²) in [6.07, 6.45) is 1.59. The summed E-state index contributed by atoms with van der Waals surface area (Å²) in [4.78, 5) is 14.4. The lowest BCUT2D eigenvalue weighted by atomic mass is 10.1. The van der Waals surface area contributed by atoms with Gasteiger partial charge in [0.15, 0.2) is 0 Å². The molecule has 0 radical (unpaired) electrons. The molecule has 0 aliphatic carbocycles. The quantitative estimate of drug-likeness (QED) is 0.756. The van der Waals surface area contributed by atoms with Gasteiger partial charge in [-0.1, -0.05) is 0 Å². The molecule has 0 aromatic carbocycles. The van der Waals surface area contributed by atoms with Gasteiger partial charge in [0.05, 0.1) is 13.5 Å². The van der Waals surface area contributed by atoms with Gasteiger partial charge in [-0.25, -0.2) is 4.98 Å². The van der Waals surface area contributed by atoms with Crippen molar-refractivity contribution in [1.29, 1.82) is 0 Å². The minimum absolute atomic E-state index is 0.0577. The number of aliphatic carboxylic acids is 1. The third-order valence-electron chi connectivity index (χ3n) is 1.60. The van der Waals surface area contributed by atoms with Crippen molar-refractivity contribution in [3.63, 3.8) is 0 Å². The molecule has 1 rings (SSSR count). The standard InChI is InChI=1S/C9H11NO3/c1-6-3-7(4-8(11)12)9(13-2)10-5-6/h3,5H,4H2,1-2H3,(H,11,12). The summed E-state index contributed by atoms with van der Waals surface area (Å²) < 4.78 is 4.93. The Hall–Kier alpha value is -1.58. The molecule has 0 atom stereocenters. The van der Waals surface area contributed by atoms with Crippen molar-refractivity contribution in [1.82, 2.24) is 4.98 Å². The Balaban J connectivity index is 3.01. The maximum atomic E-state index is 10.5. The molecular weight excluding hydrogens is 170 g/mol. The molecule has 4 nitrogen and oxygen atoms in total. The zero-order valence-corrected chi connectivity index (χ0v) is 7.57. The number of carbonyl (C=O) groups is 1. The van der Waals surface area contributed by atoms with E-state index in [0.29, 0.717) is 11.4 Å². The van der Waals surface area contributed by atoms with Crippen molar-refractivity contribution in [3.05, 3.63) is 23.4 Å². The number of methoxy groups -OCH3 is 1. The van der Waals surface area contributed by atoms with Gasteiger partial charge in [0.2, 0.25) is 5.88 Å². The van der Waals surface area contributed by atoms with Gasteiger partial charge in [0.1, 0.15) is 0 Å². The number of pyridine rings is 1. The van der Waals surface area contributed by atoms with Gasteiger partial charge < -0.3 is 9.84 Å². The van der Waals surface area contributed by atoms with E-state index in [9.17, 15) is 4.79 Å². The first-order valence-electron chi connectivity index (χ1n) is 3.85. The van der Waals surface area contributed by atoms with Crippen LogP contribution in [0.3, 0.4) is 0 Å². The fraction of sp³-hybridized carbons (Fsp3) is 0.333. The number of hydrogen-bond donors (Lipinski definition) is 1. The fourth-order valence-corrected chi connectivity index (χ4v) is 1.09. The molecule has 1 aromatic heterocycles. The van der Waals surface area contributed by atoms with Crippen molar-refractivity contribution >= 4 is 5.97 Å². The van der Waals surface area contributed by atoms with Crippen LogP contribution in [0.4, 0.5) is 0 Å². The molecule has 13 heavy (non-hydrogen) atoms. The third-order valence-corrected chi connectivity index (χ3v) is 1.60. The molecule has 1 aromatic rings. The van der Waals surface area contributed by atoms with Crippen molar-refractivity contribution in [2.24, 2.45) is 0 Å². The van der Waals surface area contributed by atoms with E-state index in [0.717, 1.165) is 5.56 Å². The Bertz CT molecular complexity index is 323. The van der Waals surface area contributed by atoms with Gasteiger partial charge >= 0.3 is 5.97 Å². The number of hydrogen-bond acceptors (Lipinski definition) is 3. The van der Waals surface area contributed by atoms with Crippen LogP contribution in [0.2, 0.25) is 0 Å². The zero-order valence-electron chi connectivity index (χ0n) is 7.57. The highest BCUT2D eigenvalue weighted by molar-refractivity contribution is 5.71. The second-order valence-corrected chi connectivity index (χ2v) is 2.75. The molecule has 0 unspecified atom stereocenters. The predicted molar refractivity (Wildman–Crippen MR) is 46.9 cm³/mol. The lowest BCUT2D eigenvalue weighted by Gasteiger charge is -2.05. The SMILES string of the molecule is COc1ncc(C)cc1CC(=O)O. The van der Waals surface area contributed by atoms with Crippen LogP contribution in [-0.2, 0) is 11.2 Å². The summed E-state index contributed by atoms with van der Waals surface area (Å²) in [5.74, 6) is -0.501. The lowest BCUT2D eigenvalue weighted by Crippen LogP contribution is -2.03. The molecule has 0 saturated carbocycles. The molecule has 1 heterocycles. The zero-order chi connectivity index (χ0) is 9.84. The van der Waals surface area contributed by atoms with Crippen molar-refractivity contribution in [2.75, 3.05) is 7.11 Å². The normalized spacial score (nSPS) is 9.69. The molecule has 0 spiro atoms. The van der Waals surface area contributed by atoms with E-state index in [2.05, 4.69) is 4.98 Å². The topological polar surface area (TPSA) is 59.4 Å².